The smallest absolute Gasteiger partial charge is 0.339 e. The fraction of sp³-hybridized carbons (Fsp3) is 0.421. The molecule has 7 heteroatoms. The Morgan fingerprint density at radius 1 is 1.23 bits per heavy atom. The molecule has 0 spiro atoms. The van der Waals surface area contributed by atoms with Crippen molar-refractivity contribution in [2.45, 2.75) is 38.6 Å². The van der Waals surface area contributed by atoms with Gasteiger partial charge in [-0.1, -0.05) is 23.7 Å². The van der Waals surface area contributed by atoms with E-state index in [2.05, 4.69) is 5.10 Å². The van der Waals surface area contributed by atoms with E-state index in [1.54, 1.807) is 11.6 Å². The van der Waals surface area contributed by atoms with Gasteiger partial charge in [-0.3, -0.25) is 9.48 Å². The zero-order valence-electron chi connectivity index (χ0n) is 14.7. The Morgan fingerprint density at radius 3 is 2.46 bits per heavy atom. The van der Waals surface area contributed by atoms with Crippen LogP contribution in [-0.4, -0.2) is 44.8 Å². The van der Waals surface area contributed by atoms with E-state index < -0.39 is 5.97 Å². The maximum atomic E-state index is 12.4. The second kappa shape index (κ2) is 7.91. The number of piperidine rings is 1. The van der Waals surface area contributed by atoms with E-state index in [4.69, 9.17) is 16.7 Å². The molecular formula is C19H22ClN3O3. The standard InChI is InChI=1S/C19H22ClN3O3/c1-13-17(19(25)26)12-21-23(13)16-8-10-22(11-9-16)18(24)7-4-14-2-5-15(20)6-3-14/h2-3,5-6,12,16H,4,7-11H2,1H3,(H,25,26). The van der Waals surface area contributed by atoms with E-state index in [1.165, 1.54) is 6.20 Å². The van der Waals surface area contributed by atoms with Crippen LogP contribution in [0.15, 0.2) is 30.5 Å². The number of aromatic nitrogens is 2. The normalized spacial score (nSPS) is 15.2. The average molecular weight is 376 g/mol. The van der Waals surface area contributed by atoms with Crippen molar-refractivity contribution < 1.29 is 14.7 Å². The lowest BCUT2D eigenvalue weighted by Gasteiger charge is -2.32. The largest absolute Gasteiger partial charge is 0.478 e. The van der Waals surface area contributed by atoms with E-state index in [0.29, 0.717) is 36.6 Å². The van der Waals surface area contributed by atoms with Gasteiger partial charge in [-0.25, -0.2) is 4.79 Å². The Balaban J connectivity index is 1.52. The van der Waals surface area contributed by atoms with E-state index in [-0.39, 0.29) is 17.5 Å². The van der Waals surface area contributed by atoms with Gasteiger partial charge in [0, 0.05) is 24.5 Å². The minimum Gasteiger partial charge on any atom is -0.478 e. The molecule has 1 saturated heterocycles. The molecule has 0 aliphatic carbocycles. The molecule has 2 heterocycles. The van der Waals surface area contributed by atoms with Gasteiger partial charge in [-0.2, -0.15) is 5.10 Å². The summed E-state index contributed by atoms with van der Waals surface area (Å²) >= 11 is 5.88. The lowest BCUT2D eigenvalue weighted by Crippen LogP contribution is -2.39. The predicted molar refractivity (Wildman–Crippen MR) is 98.5 cm³/mol. The number of carbonyl (C=O) groups is 2. The molecular weight excluding hydrogens is 354 g/mol. The number of carboxylic acid groups (broad SMARTS) is 1. The van der Waals surface area contributed by atoms with E-state index in [1.807, 2.05) is 29.2 Å². The second-order valence-electron chi connectivity index (χ2n) is 6.63. The fourth-order valence-corrected chi connectivity index (χ4v) is 3.55. The molecule has 3 rings (SSSR count). The first-order valence-electron chi connectivity index (χ1n) is 8.75. The van der Waals surface area contributed by atoms with Crippen LogP contribution in [0.4, 0.5) is 0 Å². The van der Waals surface area contributed by atoms with Crippen molar-refractivity contribution in [1.29, 1.82) is 0 Å². The summed E-state index contributed by atoms with van der Waals surface area (Å²) in [6.45, 7) is 3.12. The number of hydrogen-bond acceptors (Lipinski definition) is 3. The van der Waals surface area contributed by atoms with Gasteiger partial charge in [0.05, 0.1) is 17.9 Å². The molecule has 1 N–H and O–H groups in total. The number of nitrogens with zero attached hydrogens (tertiary/aromatic N) is 3. The summed E-state index contributed by atoms with van der Waals surface area (Å²) in [5.41, 5.74) is 2.02. The number of aromatic carboxylic acids is 1. The predicted octanol–water partition coefficient (Wildman–Crippen LogP) is 3.34. The van der Waals surface area contributed by atoms with Gasteiger partial charge in [0.15, 0.2) is 0 Å². The molecule has 6 nitrogen and oxygen atoms in total. The number of carboxylic acids is 1. The van der Waals surface area contributed by atoms with Crippen molar-refractivity contribution in [3.8, 4) is 0 Å². The molecule has 1 aliphatic heterocycles. The Kier molecular flexibility index (Phi) is 5.61. The Morgan fingerprint density at radius 2 is 1.88 bits per heavy atom. The number of carbonyl (C=O) groups excluding carboxylic acids is 1. The number of rotatable bonds is 5. The second-order valence-corrected chi connectivity index (χ2v) is 7.07. The first kappa shape index (κ1) is 18.5. The van der Waals surface area contributed by atoms with E-state index in [0.717, 1.165) is 18.4 Å². The first-order chi connectivity index (χ1) is 12.5. The van der Waals surface area contributed by atoms with Gasteiger partial charge in [0.2, 0.25) is 5.91 Å². The lowest BCUT2D eigenvalue weighted by atomic mass is 10.0. The molecule has 1 fully saturated rings. The van der Waals surface area contributed by atoms with E-state index in [9.17, 15) is 9.59 Å². The highest BCUT2D eigenvalue weighted by atomic mass is 35.5. The zero-order valence-corrected chi connectivity index (χ0v) is 15.4. The molecule has 1 aliphatic rings. The maximum Gasteiger partial charge on any atom is 0.339 e. The van der Waals surface area contributed by atoms with Crippen LogP contribution >= 0.6 is 11.6 Å². The van der Waals surface area contributed by atoms with Gasteiger partial charge in [0.1, 0.15) is 5.56 Å². The van der Waals surface area contributed by atoms with Crippen molar-refractivity contribution in [3.63, 3.8) is 0 Å². The van der Waals surface area contributed by atoms with Crippen molar-refractivity contribution in [2.75, 3.05) is 13.1 Å². The minimum atomic E-state index is -0.955. The minimum absolute atomic E-state index is 0.142. The molecule has 0 radical (unpaired) electrons. The average Bonchev–Trinajstić information content (AvgIpc) is 3.03. The Hall–Kier alpha value is -2.34. The fourth-order valence-electron chi connectivity index (χ4n) is 3.42. The number of aryl methyl sites for hydroxylation is 1. The third kappa shape index (κ3) is 4.07. The summed E-state index contributed by atoms with van der Waals surface area (Å²) in [5.74, 6) is -0.801. The SMILES string of the molecule is Cc1c(C(=O)O)cnn1C1CCN(C(=O)CCc2ccc(Cl)cc2)CC1. The third-order valence-corrected chi connectivity index (χ3v) is 5.23. The summed E-state index contributed by atoms with van der Waals surface area (Å²) in [7, 11) is 0. The maximum absolute atomic E-state index is 12.4. The topological polar surface area (TPSA) is 75.4 Å². The number of likely N-dealkylation sites (tertiary alicyclic amines) is 1. The zero-order chi connectivity index (χ0) is 18.7. The highest BCUT2D eigenvalue weighted by Gasteiger charge is 2.26. The summed E-state index contributed by atoms with van der Waals surface area (Å²) in [4.78, 5) is 25.5. The Labute approximate surface area is 157 Å². The quantitative estimate of drug-likeness (QED) is 0.869. The molecule has 1 aromatic heterocycles. The number of halogens is 1. The van der Waals surface area contributed by atoms with Crippen LogP contribution in [0.2, 0.25) is 5.02 Å². The summed E-state index contributed by atoms with van der Waals surface area (Å²) in [5, 5.41) is 14.1. The lowest BCUT2D eigenvalue weighted by molar-refractivity contribution is -0.132. The van der Waals surface area contributed by atoms with Gasteiger partial charge in [-0.05, 0) is 43.9 Å². The van der Waals surface area contributed by atoms with Crippen molar-refractivity contribution in [3.05, 3.63) is 52.3 Å². The van der Waals surface area contributed by atoms with Crippen LogP contribution in [0.25, 0.3) is 0 Å². The van der Waals surface area contributed by atoms with Crippen LogP contribution < -0.4 is 0 Å². The van der Waals surface area contributed by atoms with Crippen molar-refractivity contribution >= 4 is 23.5 Å². The molecule has 1 amide bonds. The molecule has 1 aromatic carbocycles. The summed E-state index contributed by atoms with van der Waals surface area (Å²) in [6.07, 6.45) is 4.16. The van der Waals surface area contributed by atoms with Gasteiger partial charge >= 0.3 is 5.97 Å². The molecule has 138 valence electrons. The third-order valence-electron chi connectivity index (χ3n) is 4.98. The molecule has 0 bridgehead atoms. The summed E-state index contributed by atoms with van der Waals surface area (Å²) in [6, 6.07) is 7.71. The van der Waals surface area contributed by atoms with E-state index >= 15 is 0 Å². The highest BCUT2D eigenvalue weighted by Crippen LogP contribution is 2.25. The first-order valence-corrected chi connectivity index (χ1v) is 9.13. The number of hydrogen-bond donors (Lipinski definition) is 1. The monoisotopic (exact) mass is 375 g/mol. The van der Waals surface area contributed by atoms with Crippen LogP contribution in [-0.2, 0) is 11.2 Å². The molecule has 0 atom stereocenters. The van der Waals surface area contributed by atoms with Crippen LogP contribution in [0.3, 0.4) is 0 Å². The Bertz CT molecular complexity index is 793. The molecule has 26 heavy (non-hydrogen) atoms. The molecule has 0 unspecified atom stereocenters. The number of amides is 1. The van der Waals surface area contributed by atoms with Crippen molar-refractivity contribution in [2.24, 2.45) is 0 Å². The van der Waals surface area contributed by atoms with Crippen LogP contribution in [0.5, 0.6) is 0 Å². The van der Waals surface area contributed by atoms with Crippen LogP contribution in [0.1, 0.15) is 46.9 Å². The van der Waals surface area contributed by atoms with Crippen LogP contribution in [0, 0.1) is 6.92 Å². The number of benzene rings is 1. The summed E-state index contributed by atoms with van der Waals surface area (Å²) < 4.78 is 1.79. The van der Waals surface area contributed by atoms with Crippen molar-refractivity contribution in [1.82, 2.24) is 14.7 Å². The van der Waals surface area contributed by atoms with Gasteiger partial charge in [0.25, 0.3) is 0 Å². The van der Waals surface area contributed by atoms with Gasteiger partial charge in [-0.15, -0.1) is 0 Å². The highest BCUT2D eigenvalue weighted by molar-refractivity contribution is 6.30. The van der Waals surface area contributed by atoms with Gasteiger partial charge < -0.3 is 10.0 Å². The molecule has 0 saturated carbocycles. The molecule has 2 aromatic rings.